The minimum absolute atomic E-state index is 0.157. The number of benzene rings is 3. The van der Waals surface area contributed by atoms with E-state index in [1.165, 1.54) is 48.5 Å². The molecular formula is C30H23N3O7. The number of hydrogen-bond donors (Lipinski definition) is 0. The summed E-state index contributed by atoms with van der Waals surface area (Å²) in [7, 11) is 0. The summed E-state index contributed by atoms with van der Waals surface area (Å²) in [5.41, 5.74) is 2.36. The zero-order chi connectivity index (χ0) is 28.1. The zero-order valence-corrected chi connectivity index (χ0v) is 21.3. The molecule has 0 aliphatic carbocycles. The van der Waals surface area contributed by atoms with Crippen LogP contribution in [0.25, 0.3) is 6.08 Å². The smallest absolute Gasteiger partial charge is 0.338 e. The molecule has 3 heterocycles. The fourth-order valence-electron chi connectivity index (χ4n) is 5.99. The van der Waals surface area contributed by atoms with Gasteiger partial charge in [-0.2, -0.15) is 0 Å². The van der Waals surface area contributed by atoms with Crippen molar-refractivity contribution < 1.29 is 28.8 Å². The molecule has 0 radical (unpaired) electrons. The van der Waals surface area contributed by atoms with E-state index in [-0.39, 0.29) is 23.4 Å². The van der Waals surface area contributed by atoms with E-state index in [0.717, 1.165) is 16.0 Å². The molecule has 6 rings (SSSR count). The maximum absolute atomic E-state index is 14.0. The van der Waals surface area contributed by atoms with E-state index in [1.807, 2.05) is 30.3 Å². The van der Waals surface area contributed by atoms with Crippen LogP contribution in [0.4, 0.5) is 11.4 Å². The van der Waals surface area contributed by atoms with Crippen LogP contribution in [0, 0.1) is 22.0 Å². The van der Waals surface area contributed by atoms with Crippen LogP contribution in [0.5, 0.6) is 0 Å². The number of nitro benzene ring substituents is 1. The first-order valence-electron chi connectivity index (χ1n) is 12.8. The Hall–Kier alpha value is -5.12. The molecule has 40 heavy (non-hydrogen) atoms. The lowest BCUT2D eigenvalue weighted by Crippen LogP contribution is -2.44. The molecule has 3 aliphatic rings. The Labute approximate surface area is 228 Å². The molecule has 10 nitrogen and oxygen atoms in total. The van der Waals surface area contributed by atoms with Crippen molar-refractivity contribution in [1.82, 2.24) is 4.90 Å². The number of ketones is 1. The minimum Gasteiger partial charge on any atom is -0.462 e. The molecule has 0 aromatic heterocycles. The molecule has 10 heteroatoms. The van der Waals surface area contributed by atoms with Crippen LogP contribution >= 0.6 is 0 Å². The number of carbonyl (C=O) groups is 4. The van der Waals surface area contributed by atoms with Crippen LogP contribution < -0.4 is 4.90 Å². The number of nitrogens with zero attached hydrogens (tertiary/aromatic N) is 3. The van der Waals surface area contributed by atoms with Gasteiger partial charge in [0.05, 0.1) is 40.7 Å². The highest BCUT2D eigenvalue weighted by Gasteiger charge is 2.64. The topological polar surface area (TPSA) is 127 Å². The first-order valence-corrected chi connectivity index (χ1v) is 12.8. The average molecular weight is 538 g/mol. The summed E-state index contributed by atoms with van der Waals surface area (Å²) in [6.45, 7) is 1.91. The second-order valence-corrected chi connectivity index (χ2v) is 9.78. The number of rotatable bonds is 6. The van der Waals surface area contributed by atoms with Gasteiger partial charge in [0.1, 0.15) is 6.04 Å². The summed E-state index contributed by atoms with van der Waals surface area (Å²) in [5, 5.41) is 11.1. The zero-order valence-electron chi connectivity index (χ0n) is 21.3. The Kier molecular flexibility index (Phi) is 6.02. The second-order valence-electron chi connectivity index (χ2n) is 9.78. The molecule has 0 spiro atoms. The van der Waals surface area contributed by atoms with Crippen LogP contribution in [0.15, 0.2) is 79.0 Å². The third-order valence-corrected chi connectivity index (χ3v) is 7.73. The average Bonchev–Trinajstić information content (AvgIpc) is 3.45. The molecule has 4 atom stereocenters. The largest absolute Gasteiger partial charge is 0.462 e. The molecular weight excluding hydrogens is 514 g/mol. The van der Waals surface area contributed by atoms with Gasteiger partial charge in [-0.25, -0.2) is 9.69 Å². The van der Waals surface area contributed by atoms with E-state index in [1.54, 1.807) is 18.0 Å². The standard InChI is InChI=1S/C30H23N3O7/c1-2-40-30(37)19-9-11-20(12-10-19)32-28(35)23-24(29(32)36)26(27(34)18-7-13-21(14-8-18)33(38)39)31-16-15-17-5-3-4-6-22(17)25(23)31/h3-16,23-26H,2H2,1H3/t23-,24+,25-,26-/m1/s1. The van der Waals surface area contributed by atoms with Crippen molar-refractivity contribution in [3.05, 3.63) is 111 Å². The lowest BCUT2D eigenvalue weighted by molar-refractivity contribution is -0.384. The highest BCUT2D eigenvalue weighted by Crippen LogP contribution is 2.53. The summed E-state index contributed by atoms with van der Waals surface area (Å²) < 4.78 is 5.02. The summed E-state index contributed by atoms with van der Waals surface area (Å²) >= 11 is 0. The third-order valence-electron chi connectivity index (χ3n) is 7.73. The van der Waals surface area contributed by atoms with Gasteiger partial charge in [-0.05, 0) is 60.5 Å². The fourth-order valence-corrected chi connectivity index (χ4v) is 5.99. The van der Waals surface area contributed by atoms with Crippen molar-refractivity contribution in [2.45, 2.75) is 19.0 Å². The first-order chi connectivity index (χ1) is 19.3. The highest BCUT2D eigenvalue weighted by molar-refractivity contribution is 6.24. The number of fused-ring (bicyclic) bond motifs is 5. The van der Waals surface area contributed by atoms with E-state index in [4.69, 9.17) is 4.74 Å². The second kappa shape index (κ2) is 9.57. The Morgan fingerprint density at radius 2 is 1.55 bits per heavy atom. The van der Waals surface area contributed by atoms with Crippen molar-refractivity contribution in [2.24, 2.45) is 11.8 Å². The molecule has 3 aromatic carbocycles. The van der Waals surface area contributed by atoms with Crippen molar-refractivity contribution >= 4 is 41.0 Å². The summed E-state index contributed by atoms with van der Waals surface area (Å²) in [6, 6.07) is 17.2. The molecule has 0 unspecified atom stereocenters. The molecule has 200 valence electrons. The van der Waals surface area contributed by atoms with Crippen LogP contribution in [-0.2, 0) is 14.3 Å². The highest BCUT2D eigenvalue weighted by atomic mass is 16.6. The van der Waals surface area contributed by atoms with Crippen molar-refractivity contribution in [3.8, 4) is 0 Å². The maximum Gasteiger partial charge on any atom is 0.338 e. The number of imide groups is 1. The number of nitro groups is 1. The van der Waals surface area contributed by atoms with E-state index in [9.17, 15) is 29.3 Å². The monoisotopic (exact) mass is 537 g/mol. The number of hydrogen-bond acceptors (Lipinski definition) is 8. The maximum atomic E-state index is 14.0. The van der Waals surface area contributed by atoms with E-state index >= 15 is 0 Å². The Morgan fingerprint density at radius 3 is 2.23 bits per heavy atom. The normalized spacial score (nSPS) is 22.5. The number of non-ortho nitro benzene ring substituents is 1. The summed E-state index contributed by atoms with van der Waals surface area (Å²) in [6.07, 6.45) is 3.60. The molecule has 0 N–H and O–H groups in total. The Bertz CT molecular complexity index is 1600. The number of esters is 1. The number of ether oxygens (including phenoxy) is 1. The lowest BCUT2D eigenvalue weighted by atomic mass is 9.83. The van der Waals surface area contributed by atoms with E-state index in [2.05, 4.69) is 0 Å². The van der Waals surface area contributed by atoms with E-state index < -0.39 is 52.4 Å². The van der Waals surface area contributed by atoms with Gasteiger partial charge in [0.15, 0.2) is 5.78 Å². The first kappa shape index (κ1) is 25.2. The number of carbonyl (C=O) groups excluding carboxylic acids is 4. The lowest BCUT2D eigenvalue weighted by Gasteiger charge is -2.35. The van der Waals surface area contributed by atoms with Gasteiger partial charge in [-0.3, -0.25) is 24.5 Å². The molecule has 0 saturated carbocycles. The molecule has 0 bridgehead atoms. The van der Waals surface area contributed by atoms with Gasteiger partial charge >= 0.3 is 5.97 Å². The van der Waals surface area contributed by atoms with Crippen LogP contribution in [0.2, 0.25) is 0 Å². The molecule has 2 amide bonds. The van der Waals surface area contributed by atoms with E-state index in [0.29, 0.717) is 5.69 Å². The Morgan fingerprint density at radius 1 is 0.900 bits per heavy atom. The van der Waals surface area contributed by atoms with Gasteiger partial charge in [0.2, 0.25) is 11.8 Å². The van der Waals surface area contributed by atoms with Crippen molar-refractivity contribution in [3.63, 3.8) is 0 Å². The number of Topliss-reactive ketones (excluding diaryl/α,β-unsaturated/α-hetero) is 1. The van der Waals surface area contributed by atoms with Crippen molar-refractivity contribution in [2.75, 3.05) is 11.5 Å². The van der Waals surface area contributed by atoms with Crippen LogP contribution in [-0.4, -0.2) is 46.0 Å². The molecule has 2 fully saturated rings. The van der Waals surface area contributed by atoms with Gasteiger partial charge in [0.25, 0.3) is 5.69 Å². The SMILES string of the molecule is CCOC(=O)c1ccc(N2C(=O)[C@@H]3[C@H](C2=O)[C@H](C(=O)c2ccc([N+](=O)[O-])cc2)N2C=Cc4ccccc4[C@H]32)cc1. The van der Waals surface area contributed by atoms with Gasteiger partial charge in [-0.1, -0.05) is 24.3 Å². The summed E-state index contributed by atoms with van der Waals surface area (Å²) in [5.74, 6) is -3.69. The summed E-state index contributed by atoms with van der Waals surface area (Å²) in [4.78, 5) is 67.4. The predicted molar refractivity (Wildman–Crippen MR) is 143 cm³/mol. The van der Waals surface area contributed by atoms with Crippen LogP contribution in [0.1, 0.15) is 44.8 Å². The van der Waals surface area contributed by atoms with Gasteiger partial charge in [-0.15, -0.1) is 0 Å². The minimum atomic E-state index is -0.999. The van der Waals surface area contributed by atoms with Crippen molar-refractivity contribution in [1.29, 1.82) is 0 Å². The predicted octanol–water partition coefficient (Wildman–Crippen LogP) is 4.17. The number of anilines is 1. The third kappa shape index (κ3) is 3.79. The van der Waals surface area contributed by atoms with Gasteiger partial charge < -0.3 is 9.64 Å². The quantitative estimate of drug-likeness (QED) is 0.151. The Balaban J connectivity index is 1.41. The molecule has 3 aliphatic heterocycles. The number of amides is 2. The molecule has 2 saturated heterocycles. The molecule has 3 aromatic rings. The fraction of sp³-hybridized carbons (Fsp3) is 0.200. The van der Waals surface area contributed by atoms with Gasteiger partial charge in [0, 0.05) is 23.9 Å². The van der Waals surface area contributed by atoms with Crippen LogP contribution in [0.3, 0.4) is 0 Å².